The van der Waals surface area contributed by atoms with Crippen LogP contribution in [0.3, 0.4) is 0 Å². The Morgan fingerprint density at radius 3 is 2.65 bits per heavy atom. The predicted molar refractivity (Wildman–Crippen MR) is 85.3 cm³/mol. The van der Waals surface area contributed by atoms with E-state index in [0.29, 0.717) is 24.1 Å². The second-order valence-corrected chi connectivity index (χ2v) is 6.40. The summed E-state index contributed by atoms with van der Waals surface area (Å²) in [7, 11) is 0. The number of carbonyl (C=O) groups excluding carboxylic acids is 1. The summed E-state index contributed by atoms with van der Waals surface area (Å²) in [4.78, 5) is 24.8. The zero-order chi connectivity index (χ0) is 16.2. The Balaban J connectivity index is 1.56. The van der Waals surface area contributed by atoms with E-state index in [1.807, 2.05) is 0 Å². The van der Waals surface area contributed by atoms with Gasteiger partial charge >= 0.3 is 5.97 Å². The SMILES string of the molecule is O=C(OC[C@H]1CCCN2CCCC[C@@H]12)c1ccc([N+](=O)[O-])cc1. The molecule has 2 aliphatic heterocycles. The van der Waals surface area contributed by atoms with Crippen LogP contribution >= 0.6 is 0 Å². The van der Waals surface area contributed by atoms with E-state index in [2.05, 4.69) is 4.90 Å². The first-order valence-corrected chi connectivity index (χ1v) is 8.31. The largest absolute Gasteiger partial charge is 0.462 e. The summed E-state index contributed by atoms with van der Waals surface area (Å²) < 4.78 is 5.48. The molecule has 6 heteroatoms. The van der Waals surface area contributed by atoms with E-state index in [0.717, 1.165) is 25.9 Å². The van der Waals surface area contributed by atoms with Gasteiger partial charge in [0.25, 0.3) is 5.69 Å². The number of nitro groups is 1. The highest BCUT2D eigenvalue weighted by molar-refractivity contribution is 5.89. The molecule has 0 radical (unpaired) electrons. The molecule has 2 heterocycles. The number of carbonyl (C=O) groups is 1. The maximum atomic E-state index is 12.1. The van der Waals surface area contributed by atoms with Crippen molar-refractivity contribution in [3.8, 4) is 0 Å². The minimum absolute atomic E-state index is 0.0216. The van der Waals surface area contributed by atoms with Crippen molar-refractivity contribution in [1.29, 1.82) is 0 Å². The van der Waals surface area contributed by atoms with Crippen molar-refractivity contribution in [1.82, 2.24) is 4.90 Å². The Morgan fingerprint density at radius 1 is 1.17 bits per heavy atom. The van der Waals surface area contributed by atoms with Gasteiger partial charge < -0.3 is 4.74 Å². The maximum absolute atomic E-state index is 12.1. The van der Waals surface area contributed by atoms with Gasteiger partial charge in [-0.15, -0.1) is 0 Å². The van der Waals surface area contributed by atoms with Gasteiger partial charge in [0.15, 0.2) is 0 Å². The first kappa shape index (κ1) is 15.9. The van der Waals surface area contributed by atoms with Crippen LogP contribution in [0.1, 0.15) is 42.5 Å². The van der Waals surface area contributed by atoms with Crippen molar-refractivity contribution < 1.29 is 14.5 Å². The Kier molecular flexibility index (Phi) is 4.91. The van der Waals surface area contributed by atoms with Crippen LogP contribution in [0, 0.1) is 16.0 Å². The smallest absolute Gasteiger partial charge is 0.338 e. The Bertz CT molecular complexity index is 570. The molecule has 0 aromatic heterocycles. The van der Waals surface area contributed by atoms with Gasteiger partial charge in [-0.3, -0.25) is 15.0 Å². The summed E-state index contributed by atoms with van der Waals surface area (Å²) in [6, 6.07) is 6.12. The fraction of sp³-hybridized carbons (Fsp3) is 0.588. The number of fused-ring (bicyclic) bond motifs is 1. The second kappa shape index (κ2) is 7.08. The minimum atomic E-state index is -0.477. The average Bonchev–Trinajstić information content (AvgIpc) is 2.59. The molecule has 0 saturated carbocycles. The van der Waals surface area contributed by atoms with Crippen molar-refractivity contribution in [2.24, 2.45) is 5.92 Å². The summed E-state index contributed by atoms with van der Waals surface area (Å²) in [6.07, 6.45) is 5.99. The van der Waals surface area contributed by atoms with E-state index >= 15 is 0 Å². The van der Waals surface area contributed by atoms with Gasteiger partial charge in [0, 0.05) is 24.1 Å². The summed E-state index contributed by atoms with van der Waals surface area (Å²) >= 11 is 0. The fourth-order valence-corrected chi connectivity index (χ4v) is 3.76. The number of hydrogen-bond acceptors (Lipinski definition) is 5. The molecular weight excluding hydrogens is 296 g/mol. The third-order valence-corrected chi connectivity index (χ3v) is 4.97. The lowest BCUT2D eigenvalue weighted by Gasteiger charge is -2.44. The van der Waals surface area contributed by atoms with E-state index in [1.54, 1.807) is 0 Å². The molecule has 0 bridgehead atoms. The predicted octanol–water partition coefficient (Wildman–Crippen LogP) is 3.02. The van der Waals surface area contributed by atoms with Gasteiger partial charge in [-0.1, -0.05) is 6.42 Å². The van der Waals surface area contributed by atoms with Crippen LogP contribution in [0.15, 0.2) is 24.3 Å². The Labute approximate surface area is 135 Å². The van der Waals surface area contributed by atoms with Crippen LogP contribution in [0.5, 0.6) is 0 Å². The average molecular weight is 318 g/mol. The molecule has 0 unspecified atom stereocenters. The highest BCUT2D eigenvalue weighted by Crippen LogP contribution is 2.31. The van der Waals surface area contributed by atoms with E-state index < -0.39 is 10.9 Å². The number of rotatable bonds is 4. The number of benzene rings is 1. The molecule has 0 amide bonds. The van der Waals surface area contributed by atoms with Crippen molar-refractivity contribution in [3.63, 3.8) is 0 Å². The quantitative estimate of drug-likeness (QED) is 0.485. The zero-order valence-corrected chi connectivity index (χ0v) is 13.1. The monoisotopic (exact) mass is 318 g/mol. The Morgan fingerprint density at radius 2 is 1.91 bits per heavy atom. The summed E-state index contributed by atoms with van der Waals surface area (Å²) in [5.41, 5.74) is 0.346. The first-order chi connectivity index (χ1) is 11.1. The van der Waals surface area contributed by atoms with Crippen LogP contribution in [0.25, 0.3) is 0 Å². The number of nitro benzene ring substituents is 1. The molecule has 124 valence electrons. The van der Waals surface area contributed by atoms with E-state index in [-0.39, 0.29) is 5.69 Å². The van der Waals surface area contributed by atoms with Gasteiger partial charge in [-0.05, 0) is 50.9 Å². The van der Waals surface area contributed by atoms with Gasteiger partial charge in [-0.2, -0.15) is 0 Å². The first-order valence-electron chi connectivity index (χ1n) is 8.31. The maximum Gasteiger partial charge on any atom is 0.338 e. The molecule has 2 fully saturated rings. The third kappa shape index (κ3) is 3.69. The molecule has 0 N–H and O–H groups in total. The molecule has 2 aliphatic rings. The zero-order valence-electron chi connectivity index (χ0n) is 13.1. The third-order valence-electron chi connectivity index (χ3n) is 4.97. The van der Waals surface area contributed by atoms with Gasteiger partial charge in [0.05, 0.1) is 17.1 Å². The molecule has 0 aliphatic carbocycles. The highest BCUT2D eigenvalue weighted by atomic mass is 16.6. The summed E-state index contributed by atoms with van der Waals surface area (Å²) in [5.74, 6) is 0.0129. The number of nitrogens with zero attached hydrogens (tertiary/aromatic N) is 2. The molecule has 2 saturated heterocycles. The van der Waals surface area contributed by atoms with E-state index in [9.17, 15) is 14.9 Å². The van der Waals surface area contributed by atoms with Crippen molar-refractivity contribution in [2.75, 3.05) is 19.7 Å². The van der Waals surface area contributed by atoms with Gasteiger partial charge in [-0.25, -0.2) is 4.79 Å². The van der Waals surface area contributed by atoms with Crippen molar-refractivity contribution in [3.05, 3.63) is 39.9 Å². The number of hydrogen-bond donors (Lipinski definition) is 0. The molecule has 6 nitrogen and oxygen atoms in total. The molecule has 1 aromatic rings. The van der Waals surface area contributed by atoms with E-state index in [1.165, 1.54) is 43.5 Å². The molecule has 3 rings (SSSR count). The van der Waals surface area contributed by atoms with Crippen molar-refractivity contribution >= 4 is 11.7 Å². The number of non-ortho nitro benzene ring substituents is 1. The lowest BCUT2D eigenvalue weighted by Crippen LogP contribution is -2.49. The van der Waals surface area contributed by atoms with Crippen LogP contribution in [0.4, 0.5) is 5.69 Å². The summed E-state index contributed by atoms with van der Waals surface area (Å²) in [6.45, 7) is 2.77. The van der Waals surface area contributed by atoms with Crippen LogP contribution in [-0.2, 0) is 4.74 Å². The van der Waals surface area contributed by atoms with Crippen molar-refractivity contribution in [2.45, 2.75) is 38.1 Å². The highest BCUT2D eigenvalue weighted by Gasteiger charge is 2.33. The van der Waals surface area contributed by atoms with Gasteiger partial charge in [0.2, 0.25) is 0 Å². The van der Waals surface area contributed by atoms with E-state index in [4.69, 9.17) is 4.74 Å². The molecule has 1 aromatic carbocycles. The van der Waals surface area contributed by atoms with Crippen LogP contribution in [-0.4, -0.2) is 41.5 Å². The standard InChI is InChI=1S/C17H22N2O4/c20-17(13-6-8-15(9-7-13)19(21)22)23-12-14-4-3-11-18-10-2-1-5-16(14)18/h6-9,14,16H,1-5,10-12H2/t14-,16+/m1/s1. The number of ether oxygens (including phenoxy) is 1. The van der Waals surface area contributed by atoms with Gasteiger partial charge in [0.1, 0.15) is 0 Å². The Hall–Kier alpha value is -1.95. The molecule has 2 atom stereocenters. The van der Waals surface area contributed by atoms with Crippen LogP contribution in [0.2, 0.25) is 0 Å². The fourth-order valence-electron chi connectivity index (χ4n) is 3.76. The van der Waals surface area contributed by atoms with Crippen LogP contribution < -0.4 is 0 Å². The lowest BCUT2D eigenvalue weighted by molar-refractivity contribution is -0.384. The number of esters is 1. The normalized spacial score (nSPS) is 24.7. The number of piperidine rings is 2. The molecular formula is C17H22N2O4. The lowest BCUT2D eigenvalue weighted by atomic mass is 9.84. The topological polar surface area (TPSA) is 72.7 Å². The molecule has 0 spiro atoms. The second-order valence-electron chi connectivity index (χ2n) is 6.40. The molecule has 23 heavy (non-hydrogen) atoms. The minimum Gasteiger partial charge on any atom is -0.462 e. The summed E-state index contributed by atoms with van der Waals surface area (Å²) in [5, 5.41) is 10.6.